The van der Waals surface area contributed by atoms with E-state index in [1.807, 2.05) is 54.6 Å². The molecule has 0 aliphatic rings. The van der Waals surface area contributed by atoms with Gasteiger partial charge in [0, 0.05) is 16.5 Å². The van der Waals surface area contributed by atoms with Crippen molar-refractivity contribution in [1.29, 1.82) is 0 Å². The van der Waals surface area contributed by atoms with Crippen LogP contribution >= 0.6 is 0 Å². The van der Waals surface area contributed by atoms with Crippen LogP contribution in [0.1, 0.15) is 16.2 Å². The van der Waals surface area contributed by atoms with Gasteiger partial charge in [0.15, 0.2) is 0 Å². The normalized spacial score (nSPS) is 11.0. The third-order valence-electron chi connectivity index (χ3n) is 3.92. The third kappa shape index (κ3) is 2.46. The van der Waals surface area contributed by atoms with E-state index in [0.717, 1.165) is 16.5 Å². The van der Waals surface area contributed by atoms with Gasteiger partial charge in [-0.3, -0.25) is 0 Å². The number of hydrogen-bond acceptors (Lipinski definition) is 3. The van der Waals surface area contributed by atoms with Crippen LogP contribution in [0, 0.1) is 0 Å². The van der Waals surface area contributed by atoms with Crippen molar-refractivity contribution in [3.8, 4) is 11.5 Å². The molecule has 118 valence electrons. The Morgan fingerprint density at radius 3 is 2.62 bits per heavy atom. The summed E-state index contributed by atoms with van der Waals surface area (Å²) in [5.41, 5.74) is 2.66. The molecule has 24 heavy (non-hydrogen) atoms. The molecular weight excluding hydrogens is 304 g/mol. The number of carboxylic acid groups (broad SMARTS) is 1. The molecule has 0 aliphatic heterocycles. The number of nitrogens with zero attached hydrogens (tertiary/aromatic N) is 2. The molecule has 0 aliphatic carbocycles. The quantitative estimate of drug-likeness (QED) is 0.616. The second-order valence-electron chi connectivity index (χ2n) is 5.49. The van der Waals surface area contributed by atoms with Gasteiger partial charge in [-0.25, -0.2) is 9.78 Å². The van der Waals surface area contributed by atoms with Gasteiger partial charge in [0.1, 0.15) is 12.0 Å². The lowest BCUT2D eigenvalue weighted by Crippen LogP contribution is -2.09. The van der Waals surface area contributed by atoms with Crippen molar-refractivity contribution in [3.05, 3.63) is 78.3 Å². The SMILES string of the molecule is O=C(O)c1cc2ccccc2n1Cc1coc(-c2ccccc2)n1. The Labute approximate surface area is 137 Å². The molecule has 0 radical (unpaired) electrons. The van der Waals surface area contributed by atoms with E-state index in [4.69, 9.17) is 4.42 Å². The maximum atomic E-state index is 11.5. The largest absolute Gasteiger partial charge is 0.477 e. The minimum absolute atomic E-state index is 0.237. The Morgan fingerprint density at radius 2 is 1.83 bits per heavy atom. The monoisotopic (exact) mass is 318 g/mol. The summed E-state index contributed by atoms with van der Waals surface area (Å²) in [6.07, 6.45) is 1.57. The van der Waals surface area contributed by atoms with Crippen LogP contribution in [0.2, 0.25) is 0 Å². The second kappa shape index (κ2) is 5.70. The molecule has 0 atom stereocenters. The molecule has 2 aromatic heterocycles. The molecule has 0 fully saturated rings. The first kappa shape index (κ1) is 14.3. The van der Waals surface area contributed by atoms with E-state index >= 15 is 0 Å². The first-order valence-corrected chi connectivity index (χ1v) is 7.54. The summed E-state index contributed by atoms with van der Waals surface area (Å²) in [5, 5.41) is 10.4. The van der Waals surface area contributed by atoms with Gasteiger partial charge < -0.3 is 14.1 Å². The molecule has 2 aromatic carbocycles. The molecule has 1 N–H and O–H groups in total. The second-order valence-corrected chi connectivity index (χ2v) is 5.49. The minimum Gasteiger partial charge on any atom is -0.477 e. The number of benzene rings is 2. The summed E-state index contributed by atoms with van der Waals surface area (Å²) in [5.74, 6) is -0.433. The molecule has 4 aromatic rings. The fraction of sp³-hybridized carbons (Fsp3) is 0.0526. The average Bonchev–Trinajstić information content (AvgIpc) is 3.21. The minimum atomic E-state index is -0.960. The summed E-state index contributed by atoms with van der Waals surface area (Å²) in [4.78, 5) is 16.0. The van der Waals surface area contributed by atoms with Crippen LogP contribution in [0.25, 0.3) is 22.4 Å². The molecule has 5 nitrogen and oxygen atoms in total. The molecule has 0 bridgehead atoms. The van der Waals surface area contributed by atoms with Crippen molar-refractivity contribution >= 4 is 16.9 Å². The average molecular weight is 318 g/mol. The molecule has 0 spiro atoms. The lowest BCUT2D eigenvalue weighted by molar-refractivity contribution is 0.0686. The standard InChI is InChI=1S/C19H14N2O3/c22-19(23)17-10-14-8-4-5-9-16(14)21(17)11-15-12-24-18(20-15)13-6-2-1-3-7-13/h1-10,12H,11H2,(H,22,23). The van der Waals surface area contributed by atoms with Crippen molar-refractivity contribution in [3.63, 3.8) is 0 Å². The smallest absolute Gasteiger partial charge is 0.352 e. The summed E-state index contributed by atoms with van der Waals surface area (Å²) in [6.45, 7) is 0.339. The summed E-state index contributed by atoms with van der Waals surface area (Å²) in [6, 6.07) is 18.9. The third-order valence-corrected chi connectivity index (χ3v) is 3.92. The predicted octanol–water partition coefficient (Wildman–Crippen LogP) is 4.04. The number of aromatic carboxylic acids is 1. The lowest BCUT2D eigenvalue weighted by atomic mass is 10.2. The maximum absolute atomic E-state index is 11.5. The van der Waals surface area contributed by atoms with Crippen LogP contribution < -0.4 is 0 Å². The van der Waals surface area contributed by atoms with E-state index in [2.05, 4.69) is 4.98 Å². The van der Waals surface area contributed by atoms with Crippen LogP contribution in [0.4, 0.5) is 0 Å². The van der Waals surface area contributed by atoms with E-state index in [0.29, 0.717) is 18.1 Å². The molecule has 0 saturated heterocycles. The van der Waals surface area contributed by atoms with Crippen molar-refractivity contribution in [2.75, 3.05) is 0 Å². The maximum Gasteiger partial charge on any atom is 0.352 e. The number of hydrogen-bond donors (Lipinski definition) is 1. The fourth-order valence-electron chi connectivity index (χ4n) is 2.81. The van der Waals surface area contributed by atoms with Crippen molar-refractivity contribution in [2.24, 2.45) is 0 Å². The van der Waals surface area contributed by atoms with Crippen molar-refractivity contribution < 1.29 is 14.3 Å². The molecule has 5 heteroatoms. The van der Waals surface area contributed by atoms with Gasteiger partial charge in [-0.1, -0.05) is 36.4 Å². The van der Waals surface area contributed by atoms with Gasteiger partial charge in [-0.2, -0.15) is 0 Å². The van der Waals surface area contributed by atoms with E-state index in [1.165, 1.54) is 0 Å². The van der Waals surface area contributed by atoms with Gasteiger partial charge in [0.05, 0.1) is 12.2 Å². The van der Waals surface area contributed by atoms with Crippen LogP contribution in [-0.4, -0.2) is 20.6 Å². The Hall–Kier alpha value is -3.34. The fourth-order valence-corrected chi connectivity index (χ4v) is 2.81. The van der Waals surface area contributed by atoms with Crippen molar-refractivity contribution in [1.82, 2.24) is 9.55 Å². The van der Waals surface area contributed by atoms with E-state index in [-0.39, 0.29) is 5.69 Å². The number of aromatic nitrogens is 2. The van der Waals surface area contributed by atoms with Gasteiger partial charge in [-0.15, -0.1) is 0 Å². The first-order chi connectivity index (χ1) is 11.7. The van der Waals surface area contributed by atoms with Crippen LogP contribution in [-0.2, 0) is 6.54 Å². The first-order valence-electron chi connectivity index (χ1n) is 7.54. The molecule has 0 amide bonds. The Kier molecular flexibility index (Phi) is 3.39. The van der Waals surface area contributed by atoms with Gasteiger partial charge in [-0.05, 0) is 24.3 Å². The van der Waals surface area contributed by atoms with Crippen LogP contribution in [0.15, 0.2) is 71.3 Å². The number of rotatable bonds is 4. The van der Waals surface area contributed by atoms with Crippen LogP contribution in [0.3, 0.4) is 0 Å². The van der Waals surface area contributed by atoms with Gasteiger partial charge >= 0.3 is 5.97 Å². The highest BCUT2D eigenvalue weighted by Crippen LogP contribution is 2.23. The number of carboxylic acids is 1. The highest BCUT2D eigenvalue weighted by molar-refractivity contribution is 5.94. The topological polar surface area (TPSA) is 68.3 Å². The zero-order valence-corrected chi connectivity index (χ0v) is 12.7. The zero-order valence-electron chi connectivity index (χ0n) is 12.7. The number of para-hydroxylation sites is 1. The summed E-state index contributed by atoms with van der Waals surface area (Å²) in [7, 11) is 0. The Balaban J connectivity index is 1.74. The Bertz CT molecular complexity index is 1020. The Morgan fingerprint density at radius 1 is 1.08 bits per heavy atom. The molecular formula is C19H14N2O3. The van der Waals surface area contributed by atoms with Crippen molar-refractivity contribution in [2.45, 2.75) is 6.54 Å². The number of oxazole rings is 1. The van der Waals surface area contributed by atoms with Crippen LogP contribution in [0.5, 0.6) is 0 Å². The molecule has 0 saturated carbocycles. The van der Waals surface area contributed by atoms with E-state index in [9.17, 15) is 9.90 Å². The number of fused-ring (bicyclic) bond motifs is 1. The van der Waals surface area contributed by atoms with E-state index in [1.54, 1.807) is 16.9 Å². The molecule has 2 heterocycles. The predicted molar refractivity (Wildman–Crippen MR) is 89.9 cm³/mol. The summed E-state index contributed by atoms with van der Waals surface area (Å²) >= 11 is 0. The zero-order chi connectivity index (χ0) is 16.5. The molecule has 4 rings (SSSR count). The van der Waals surface area contributed by atoms with Gasteiger partial charge in [0.2, 0.25) is 5.89 Å². The highest BCUT2D eigenvalue weighted by Gasteiger charge is 2.16. The molecule has 0 unspecified atom stereocenters. The highest BCUT2D eigenvalue weighted by atomic mass is 16.4. The lowest BCUT2D eigenvalue weighted by Gasteiger charge is -2.05. The number of carbonyl (C=O) groups is 1. The van der Waals surface area contributed by atoms with Gasteiger partial charge in [0.25, 0.3) is 0 Å². The summed E-state index contributed by atoms with van der Waals surface area (Å²) < 4.78 is 7.28. The van der Waals surface area contributed by atoms with E-state index < -0.39 is 5.97 Å².